The Bertz CT molecular complexity index is 801. The van der Waals surface area contributed by atoms with Crippen molar-refractivity contribution >= 4 is 12.2 Å². The Morgan fingerprint density at radius 2 is 1.73 bits per heavy atom. The fourth-order valence-corrected chi connectivity index (χ4v) is 3.24. The van der Waals surface area contributed by atoms with Crippen molar-refractivity contribution in [1.29, 1.82) is 0 Å². The van der Waals surface area contributed by atoms with Crippen LogP contribution in [0.3, 0.4) is 0 Å². The number of rotatable bonds is 9. The first-order valence-corrected chi connectivity index (χ1v) is 11.8. The molecule has 1 aromatic heterocycles. The predicted molar refractivity (Wildman–Crippen MR) is 130 cm³/mol. The molecule has 0 spiro atoms. The summed E-state index contributed by atoms with van der Waals surface area (Å²) in [4.78, 5) is 12.2. The van der Waals surface area contributed by atoms with Crippen LogP contribution in [0.4, 0.5) is 19.1 Å². The van der Waals surface area contributed by atoms with E-state index in [1.54, 1.807) is 0 Å². The summed E-state index contributed by atoms with van der Waals surface area (Å²) in [5.41, 5.74) is 0.754. The monoisotopic (exact) mass is 470 g/mol. The van der Waals surface area contributed by atoms with Crippen molar-refractivity contribution in [2.45, 2.75) is 85.7 Å². The molecule has 33 heavy (non-hydrogen) atoms. The van der Waals surface area contributed by atoms with Crippen LogP contribution in [0.5, 0.6) is 0 Å². The van der Waals surface area contributed by atoms with Gasteiger partial charge < -0.3 is 9.42 Å². The lowest BCUT2D eigenvalue weighted by Gasteiger charge is -2.15. The lowest BCUT2D eigenvalue weighted by Crippen LogP contribution is -2.07. The molecule has 1 aromatic carbocycles. The molecule has 188 valence electrons. The second kappa shape index (κ2) is 15.5. The highest BCUT2D eigenvalue weighted by molar-refractivity contribution is 5.75. The van der Waals surface area contributed by atoms with E-state index >= 15 is 0 Å². The highest BCUT2D eigenvalue weighted by Crippen LogP contribution is 2.32. The number of halogens is 3. The molecule has 0 N–H and O–H groups in total. The highest BCUT2D eigenvalue weighted by Gasteiger charge is 2.32. The second-order valence-corrected chi connectivity index (χ2v) is 8.25. The number of nitrogens with zero attached hydrogens (tertiary/aromatic N) is 2. The predicted octanol–water partition coefficient (Wildman–Crippen LogP) is 8.30. The molecular weight excluding hydrogens is 429 g/mol. The fourth-order valence-electron chi connectivity index (χ4n) is 3.24. The number of carbonyl (C=O) groups excluding carboxylic acids is 1. The van der Waals surface area contributed by atoms with Crippen molar-refractivity contribution in [3.8, 4) is 0 Å². The van der Waals surface area contributed by atoms with Crippen molar-refractivity contribution in [1.82, 2.24) is 5.16 Å². The summed E-state index contributed by atoms with van der Waals surface area (Å²) in [6.45, 7) is 12.2. The van der Waals surface area contributed by atoms with Gasteiger partial charge in [-0.05, 0) is 43.4 Å². The van der Waals surface area contributed by atoms with E-state index in [0.29, 0.717) is 12.2 Å². The van der Waals surface area contributed by atoms with Crippen LogP contribution in [0, 0.1) is 12.8 Å². The van der Waals surface area contributed by atoms with Gasteiger partial charge in [0.1, 0.15) is 6.29 Å². The SMILES string of the molecule is CC.CCCC(CCC(C)CC)c1cc(N(C)C)on1.Cc1cc(C=O)ccc1C(F)(F)F. The zero-order valence-electron chi connectivity index (χ0n) is 21.4. The van der Waals surface area contributed by atoms with E-state index in [1.807, 2.05) is 32.8 Å². The fraction of sp³-hybridized carbons (Fsp3) is 0.615. The van der Waals surface area contributed by atoms with Gasteiger partial charge in [0, 0.05) is 31.6 Å². The molecule has 0 radical (unpaired) electrons. The van der Waals surface area contributed by atoms with Gasteiger partial charge in [0.05, 0.1) is 11.3 Å². The Hall–Kier alpha value is -2.31. The largest absolute Gasteiger partial charge is 0.416 e. The number of benzene rings is 1. The third-order valence-electron chi connectivity index (χ3n) is 5.41. The molecule has 0 aliphatic rings. The Morgan fingerprint density at radius 1 is 1.09 bits per heavy atom. The summed E-state index contributed by atoms with van der Waals surface area (Å²) in [5, 5.41) is 4.24. The summed E-state index contributed by atoms with van der Waals surface area (Å²) < 4.78 is 42.0. The lowest BCUT2D eigenvalue weighted by molar-refractivity contribution is -0.138. The first kappa shape index (κ1) is 30.7. The molecule has 4 nitrogen and oxygen atoms in total. The quantitative estimate of drug-likeness (QED) is 0.346. The summed E-state index contributed by atoms with van der Waals surface area (Å²) in [7, 11) is 3.97. The van der Waals surface area contributed by atoms with E-state index in [0.717, 1.165) is 29.6 Å². The summed E-state index contributed by atoms with van der Waals surface area (Å²) in [6, 6.07) is 5.38. The Balaban J connectivity index is 0.000000602. The minimum atomic E-state index is -4.34. The first-order chi connectivity index (χ1) is 15.5. The molecule has 2 rings (SSSR count). The molecule has 1 heterocycles. The molecule has 2 aromatic rings. The zero-order chi connectivity index (χ0) is 25.6. The van der Waals surface area contributed by atoms with Gasteiger partial charge in [-0.2, -0.15) is 13.2 Å². The highest BCUT2D eigenvalue weighted by atomic mass is 19.4. The van der Waals surface area contributed by atoms with Gasteiger partial charge in [-0.1, -0.05) is 65.1 Å². The van der Waals surface area contributed by atoms with Crippen LogP contribution in [-0.2, 0) is 6.18 Å². The van der Waals surface area contributed by atoms with E-state index in [-0.39, 0.29) is 11.1 Å². The minimum absolute atomic E-state index is 0.0668. The first-order valence-electron chi connectivity index (χ1n) is 11.8. The maximum absolute atomic E-state index is 12.2. The zero-order valence-corrected chi connectivity index (χ0v) is 21.4. The van der Waals surface area contributed by atoms with Gasteiger partial charge in [-0.3, -0.25) is 4.79 Å². The number of aromatic nitrogens is 1. The van der Waals surface area contributed by atoms with E-state index < -0.39 is 11.7 Å². The van der Waals surface area contributed by atoms with Crippen LogP contribution in [0.1, 0.15) is 99.8 Å². The normalized spacial score (nSPS) is 12.6. The Morgan fingerprint density at radius 3 is 2.15 bits per heavy atom. The number of hydrogen-bond donors (Lipinski definition) is 0. The molecule has 2 atom stereocenters. The standard InChI is InChI=1S/C15H28N2O.C9H7F3O.C2H6/c1-6-8-13(10-9-12(3)7-2)14-11-15(17(4)5)18-16-14;1-6-4-7(5-13)2-3-8(6)9(10,11)12;1-2/h11-13H,6-10H2,1-5H3;2-5H,1H3;1-2H3. The third-order valence-corrected chi connectivity index (χ3v) is 5.41. The van der Waals surface area contributed by atoms with Gasteiger partial charge in [-0.15, -0.1) is 0 Å². The maximum Gasteiger partial charge on any atom is 0.416 e. The van der Waals surface area contributed by atoms with Crippen LogP contribution in [0.15, 0.2) is 28.8 Å². The van der Waals surface area contributed by atoms with Gasteiger partial charge in [0.15, 0.2) is 0 Å². The molecule has 2 unspecified atom stereocenters. The molecule has 0 aliphatic heterocycles. The molecule has 7 heteroatoms. The van der Waals surface area contributed by atoms with Gasteiger partial charge in [-0.25, -0.2) is 0 Å². The minimum Gasteiger partial charge on any atom is -0.347 e. The smallest absolute Gasteiger partial charge is 0.347 e. The third kappa shape index (κ3) is 10.9. The molecule has 0 bridgehead atoms. The topological polar surface area (TPSA) is 46.3 Å². The van der Waals surface area contributed by atoms with Crippen molar-refractivity contribution in [2.75, 3.05) is 19.0 Å². The Kier molecular flexibility index (Phi) is 14.4. The summed E-state index contributed by atoms with van der Waals surface area (Å²) >= 11 is 0. The summed E-state index contributed by atoms with van der Waals surface area (Å²) in [5.74, 6) is 2.22. The molecule has 0 amide bonds. The molecule has 0 saturated carbocycles. The van der Waals surface area contributed by atoms with Crippen molar-refractivity contribution in [3.63, 3.8) is 0 Å². The van der Waals surface area contributed by atoms with Crippen LogP contribution >= 0.6 is 0 Å². The summed E-state index contributed by atoms with van der Waals surface area (Å²) in [6.07, 6.45) is 2.36. The Labute approximate surface area is 197 Å². The maximum atomic E-state index is 12.2. The molecule has 0 aliphatic carbocycles. The van der Waals surface area contributed by atoms with E-state index in [1.165, 1.54) is 45.1 Å². The van der Waals surface area contributed by atoms with E-state index in [4.69, 9.17) is 4.52 Å². The van der Waals surface area contributed by atoms with Gasteiger partial charge >= 0.3 is 6.18 Å². The molecular formula is C26H41F3N2O2. The number of anilines is 1. The van der Waals surface area contributed by atoms with Crippen LogP contribution in [0.2, 0.25) is 0 Å². The van der Waals surface area contributed by atoms with Crippen LogP contribution in [0.25, 0.3) is 0 Å². The van der Waals surface area contributed by atoms with Crippen molar-refractivity contribution in [2.24, 2.45) is 5.92 Å². The number of aldehydes is 1. The average molecular weight is 471 g/mol. The number of hydrogen-bond acceptors (Lipinski definition) is 4. The lowest BCUT2D eigenvalue weighted by atomic mass is 9.90. The number of alkyl halides is 3. The molecule has 0 saturated heterocycles. The van der Waals surface area contributed by atoms with E-state index in [9.17, 15) is 18.0 Å². The van der Waals surface area contributed by atoms with Gasteiger partial charge in [0.2, 0.25) is 5.88 Å². The van der Waals surface area contributed by atoms with Crippen LogP contribution < -0.4 is 4.90 Å². The number of carbonyl (C=O) groups is 1. The second-order valence-electron chi connectivity index (χ2n) is 8.25. The van der Waals surface area contributed by atoms with E-state index in [2.05, 4.69) is 32.0 Å². The van der Waals surface area contributed by atoms with Crippen molar-refractivity contribution < 1.29 is 22.5 Å². The van der Waals surface area contributed by atoms with Gasteiger partial charge in [0.25, 0.3) is 0 Å². The molecule has 0 fully saturated rings. The van der Waals surface area contributed by atoms with Crippen molar-refractivity contribution in [3.05, 3.63) is 46.6 Å². The van der Waals surface area contributed by atoms with Crippen LogP contribution in [-0.4, -0.2) is 25.5 Å². The average Bonchev–Trinajstić information content (AvgIpc) is 3.27. The number of aryl methyl sites for hydroxylation is 1.